The first-order valence-corrected chi connectivity index (χ1v) is 11.5. The van der Waals surface area contributed by atoms with Crippen LogP contribution in [-0.4, -0.2) is 65.0 Å². The number of rotatable bonds is 4. The molecule has 2 fully saturated rings. The highest BCUT2D eigenvalue weighted by atomic mass is 32.2. The maximum atomic E-state index is 12.8. The van der Waals surface area contributed by atoms with Gasteiger partial charge in [0.1, 0.15) is 10.4 Å². The monoisotopic (exact) mass is 424 g/mol. The van der Waals surface area contributed by atoms with Crippen molar-refractivity contribution in [3.63, 3.8) is 0 Å². The number of carbonyl (C=O) groups excluding carboxylic acids is 2. The Balaban J connectivity index is 1.75. The van der Waals surface area contributed by atoms with E-state index in [4.69, 9.17) is 12.2 Å². The molecule has 0 aromatic heterocycles. The molecule has 9 heteroatoms. The molecule has 0 unspecified atom stereocenters. The van der Waals surface area contributed by atoms with Crippen LogP contribution in [0.1, 0.15) is 18.9 Å². The second-order valence-corrected chi connectivity index (χ2v) is 10.5. The van der Waals surface area contributed by atoms with Crippen LogP contribution in [0.15, 0.2) is 35.2 Å². The SMILES string of the molecule is C[C@@H](C(=O)N(C)[C@H]1CCS(=O)(=O)C1)N1C(=O)/C(=C/c2ccccc2)SC1=S. The van der Waals surface area contributed by atoms with Crippen molar-refractivity contribution in [1.82, 2.24) is 9.80 Å². The van der Waals surface area contributed by atoms with Crippen molar-refractivity contribution < 1.29 is 18.0 Å². The van der Waals surface area contributed by atoms with E-state index in [1.807, 2.05) is 30.3 Å². The van der Waals surface area contributed by atoms with Gasteiger partial charge in [-0.15, -0.1) is 0 Å². The zero-order valence-corrected chi connectivity index (χ0v) is 17.4. The summed E-state index contributed by atoms with van der Waals surface area (Å²) < 4.78 is 23.7. The minimum absolute atomic E-state index is 0.0335. The number of nitrogens with zero attached hydrogens (tertiary/aromatic N) is 2. The van der Waals surface area contributed by atoms with Gasteiger partial charge in [0.25, 0.3) is 5.91 Å². The summed E-state index contributed by atoms with van der Waals surface area (Å²) in [6.07, 6.45) is 2.17. The lowest BCUT2D eigenvalue weighted by atomic mass is 10.1. The lowest BCUT2D eigenvalue weighted by Crippen LogP contribution is -2.50. The average Bonchev–Trinajstić information content (AvgIpc) is 3.13. The van der Waals surface area contributed by atoms with Gasteiger partial charge in [-0.1, -0.05) is 54.3 Å². The fourth-order valence-corrected chi connectivity index (χ4v) is 6.37. The Morgan fingerprint density at radius 3 is 2.63 bits per heavy atom. The van der Waals surface area contributed by atoms with Crippen molar-refractivity contribution in [2.45, 2.75) is 25.4 Å². The third kappa shape index (κ3) is 4.25. The van der Waals surface area contributed by atoms with Crippen LogP contribution < -0.4 is 0 Å². The summed E-state index contributed by atoms with van der Waals surface area (Å²) in [5.74, 6) is -0.560. The Kier molecular flexibility index (Phi) is 5.73. The predicted molar refractivity (Wildman–Crippen MR) is 111 cm³/mol. The fourth-order valence-electron chi connectivity index (χ4n) is 3.18. The van der Waals surface area contributed by atoms with Gasteiger partial charge in [0.05, 0.1) is 16.4 Å². The second kappa shape index (κ2) is 7.73. The third-order valence-corrected chi connectivity index (χ3v) is 7.85. The molecule has 2 aliphatic rings. The highest BCUT2D eigenvalue weighted by molar-refractivity contribution is 8.26. The molecule has 2 amide bonds. The molecule has 0 bridgehead atoms. The van der Waals surface area contributed by atoms with Crippen LogP contribution in [0.2, 0.25) is 0 Å². The quantitative estimate of drug-likeness (QED) is 0.543. The van der Waals surface area contributed by atoms with Gasteiger partial charge >= 0.3 is 0 Å². The zero-order chi connectivity index (χ0) is 19.8. The Morgan fingerprint density at radius 2 is 2.04 bits per heavy atom. The number of carbonyl (C=O) groups is 2. The van der Waals surface area contributed by atoms with Crippen molar-refractivity contribution in [3.8, 4) is 0 Å². The highest BCUT2D eigenvalue weighted by Crippen LogP contribution is 2.34. The van der Waals surface area contributed by atoms with Gasteiger partial charge < -0.3 is 4.90 Å². The molecule has 6 nitrogen and oxygen atoms in total. The maximum absolute atomic E-state index is 12.8. The summed E-state index contributed by atoms with van der Waals surface area (Å²) in [5, 5.41) is 0. The minimum Gasteiger partial charge on any atom is -0.340 e. The van der Waals surface area contributed by atoms with Crippen molar-refractivity contribution in [3.05, 3.63) is 40.8 Å². The summed E-state index contributed by atoms with van der Waals surface area (Å²) in [6, 6.07) is 8.27. The smallest absolute Gasteiger partial charge is 0.266 e. The predicted octanol–water partition coefficient (Wildman–Crippen LogP) is 1.92. The Labute approximate surface area is 168 Å². The molecule has 3 rings (SSSR count). The van der Waals surface area contributed by atoms with Crippen molar-refractivity contribution in [2.24, 2.45) is 0 Å². The number of hydrogen-bond acceptors (Lipinski definition) is 6. The Morgan fingerprint density at radius 1 is 1.37 bits per heavy atom. The molecule has 27 heavy (non-hydrogen) atoms. The number of benzene rings is 1. The van der Waals surface area contributed by atoms with Crippen LogP contribution in [0.25, 0.3) is 6.08 Å². The van der Waals surface area contributed by atoms with Gasteiger partial charge in [-0.25, -0.2) is 8.42 Å². The Hall–Kier alpha value is -1.71. The lowest BCUT2D eigenvalue weighted by Gasteiger charge is -2.30. The number of thiocarbonyl (C=S) groups is 1. The van der Waals surface area contributed by atoms with E-state index in [1.54, 1.807) is 20.0 Å². The molecule has 144 valence electrons. The van der Waals surface area contributed by atoms with E-state index in [1.165, 1.54) is 21.6 Å². The molecule has 2 saturated heterocycles. The summed E-state index contributed by atoms with van der Waals surface area (Å²) in [7, 11) is -1.51. The summed E-state index contributed by atoms with van der Waals surface area (Å²) in [5.41, 5.74) is 0.880. The van der Waals surface area contributed by atoms with E-state index in [9.17, 15) is 18.0 Å². The van der Waals surface area contributed by atoms with Crippen molar-refractivity contribution in [2.75, 3.05) is 18.6 Å². The molecule has 1 aromatic carbocycles. The first kappa shape index (κ1) is 20.0. The molecule has 0 N–H and O–H groups in total. The van der Waals surface area contributed by atoms with Crippen LogP contribution in [0.4, 0.5) is 0 Å². The van der Waals surface area contributed by atoms with Gasteiger partial charge in [-0.3, -0.25) is 14.5 Å². The topological polar surface area (TPSA) is 74.8 Å². The zero-order valence-electron chi connectivity index (χ0n) is 15.0. The van der Waals surface area contributed by atoms with Gasteiger partial charge in [0.15, 0.2) is 9.84 Å². The standard InChI is InChI=1S/C18H20N2O4S3/c1-12(16(21)19(2)14-8-9-27(23,24)11-14)20-17(22)15(26-18(20)25)10-13-6-4-3-5-7-13/h3-7,10,12,14H,8-9,11H2,1-2H3/b15-10-/t12-,14-/m0/s1. The van der Waals surface area contributed by atoms with Gasteiger partial charge in [0.2, 0.25) is 5.91 Å². The largest absolute Gasteiger partial charge is 0.340 e. The van der Waals surface area contributed by atoms with E-state index in [0.717, 1.165) is 5.56 Å². The number of sulfone groups is 1. The maximum Gasteiger partial charge on any atom is 0.266 e. The number of thioether (sulfide) groups is 1. The summed E-state index contributed by atoms with van der Waals surface area (Å²) in [6.45, 7) is 1.62. The molecule has 2 heterocycles. The first-order chi connectivity index (χ1) is 12.7. The molecule has 2 aliphatic heterocycles. The lowest BCUT2D eigenvalue weighted by molar-refractivity contribution is -0.139. The normalized spacial score (nSPS) is 24.4. The van der Waals surface area contributed by atoms with E-state index < -0.39 is 15.9 Å². The molecule has 1 aromatic rings. The van der Waals surface area contributed by atoms with E-state index >= 15 is 0 Å². The molecular weight excluding hydrogens is 404 g/mol. The van der Waals surface area contributed by atoms with Crippen LogP contribution in [0.5, 0.6) is 0 Å². The van der Waals surface area contributed by atoms with Crippen LogP contribution in [0.3, 0.4) is 0 Å². The molecule has 0 aliphatic carbocycles. The fraction of sp³-hybridized carbons (Fsp3) is 0.389. The van der Waals surface area contributed by atoms with Gasteiger partial charge in [-0.2, -0.15) is 0 Å². The molecule has 0 spiro atoms. The second-order valence-electron chi connectivity index (χ2n) is 6.64. The van der Waals surface area contributed by atoms with E-state index in [0.29, 0.717) is 15.6 Å². The highest BCUT2D eigenvalue weighted by Gasteiger charge is 2.41. The van der Waals surface area contributed by atoms with E-state index in [-0.39, 0.29) is 29.4 Å². The average molecular weight is 425 g/mol. The van der Waals surface area contributed by atoms with Gasteiger partial charge in [0, 0.05) is 13.1 Å². The number of likely N-dealkylation sites (N-methyl/N-ethyl adjacent to an activating group) is 1. The number of amides is 2. The molecule has 0 saturated carbocycles. The molecule has 2 atom stereocenters. The van der Waals surface area contributed by atoms with Crippen molar-refractivity contribution in [1.29, 1.82) is 0 Å². The third-order valence-electron chi connectivity index (χ3n) is 4.77. The molecular formula is C18H20N2O4S3. The first-order valence-electron chi connectivity index (χ1n) is 8.49. The molecule has 0 radical (unpaired) electrons. The summed E-state index contributed by atoms with van der Waals surface area (Å²) >= 11 is 6.49. The van der Waals surface area contributed by atoms with E-state index in [2.05, 4.69) is 0 Å². The van der Waals surface area contributed by atoms with Crippen LogP contribution in [0, 0.1) is 0 Å². The van der Waals surface area contributed by atoms with Crippen LogP contribution >= 0.6 is 24.0 Å². The van der Waals surface area contributed by atoms with Gasteiger partial charge in [-0.05, 0) is 25.0 Å². The minimum atomic E-state index is -3.10. The van der Waals surface area contributed by atoms with Crippen LogP contribution in [-0.2, 0) is 19.4 Å². The Bertz CT molecular complexity index is 912. The number of hydrogen-bond donors (Lipinski definition) is 0. The van der Waals surface area contributed by atoms with Crippen molar-refractivity contribution >= 4 is 56.0 Å². The summed E-state index contributed by atoms with van der Waals surface area (Å²) in [4.78, 5) is 28.9.